The molecule has 0 unspecified atom stereocenters. The molecule has 21 heavy (non-hydrogen) atoms. The van der Waals surface area contributed by atoms with Crippen LogP contribution in [0.1, 0.15) is 45.1 Å². The maximum absolute atomic E-state index is 12.3. The largest absolute Gasteiger partial charge is 0.492 e. The predicted molar refractivity (Wildman–Crippen MR) is 85.9 cm³/mol. The third kappa shape index (κ3) is 4.63. The van der Waals surface area contributed by atoms with E-state index in [2.05, 4.69) is 19.2 Å². The number of amides is 1. The summed E-state index contributed by atoms with van der Waals surface area (Å²) in [7, 11) is 0. The Hall–Kier alpha value is -1.22. The lowest BCUT2D eigenvalue weighted by molar-refractivity contribution is -0.126. The lowest BCUT2D eigenvalue weighted by Crippen LogP contribution is -2.41. The lowest BCUT2D eigenvalue weighted by Gasteiger charge is -2.26. The Bertz CT molecular complexity index is 490. The summed E-state index contributed by atoms with van der Waals surface area (Å²) in [5, 5.41) is 3.79. The third-order valence-electron chi connectivity index (χ3n) is 3.93. The van der Waals surface area contributed by atoms with Crippen LogP contribution in [0.15, 0.2) is 18.2 Å². The van der Waals surface area contributed by atoms with Crippen LogP contribution in [0.2, 0.25) is 5.02 Å². The summed E-state index contributed by atoms with van der Waals surface area (Å²) in [5.41, 5.74) is 1.02. The molecule has 1 heterocycles. The Kier molecular flexibility index (Phi) is 5.92. The molecule has 0 saturated heterocycles. The molecule has 0 fully saturated rings. The van der Waals surface area contributed by atoms with E-state index < -0.39 is 0 Å². The first-order chi connectivity index (χ1) is 10.1. The zero-order chi connectivity index (χ0) is 15.2. The summed E-state index contributed by atoms with van der Waals surface area (Å²) in [4.78, 5) is 12.3. The molecule has 0 radical (unpaired) electrons. The van der Waals surface area contributed by atoms with Gasteiger partial charge in [-0.1, -0.05) is 37.8 Å². The summed E-state index contributed by atoms with van der Waals surface area (Å²) in [5.74, 6) is 0.814. The predicted octanol–water partition coefficient (Wildman–Crippen LogP) is 3.98. The van der Waals surface area contributed by atoms with E-state index >= 15 is 0 Å². The monoisotopic (exact) mass is 309 g/mol. The van der Waals surface area contributed by atoms with Crippen molar-refractivity contribution in [2.45, 2.75) is 52.0 Å². The van der Waals surface area contributed by atoms with Crippen molar-refractivity contribution in [1.82, 2.24) is 5.32 Å². The van der Waals surface area contributed by atoms with Crippen molar-refractivity contribution >= 4 is 17.5 Å². The van der Waals surface area contributed by atoms with Crippen LogP contribution in [0.4, 0.5) is 0 Å². The topological polar surface area (TPSA) is 38.3 Å². The van der Waals surface area contributed by atoms with E-state index in [1.165, 1.54) is 12.8 Å². The van der Waals surface area contributed by atoms with Gasteiger partial charge in [0.25, 0.3) is 0 Å². The molecular formula is C17H24ClNO2. The van der Waals surface area contributed by atoms with Crippen LogP contribution in [0, 0.1) is 5.92 Å². The fourth-order valence-corrected chi connectivity index (χ4v) is 2.86. The fourth-order valence-electron chi connectivity index (χ4n) is 2.66. The molecule has 4 heteroatoms. The number of benzene rings is 1. The van der Waals surface area contributed by atoms with Gasteiger partial charge in [0.2, 0.25) is 5.91 Å². The van der Waals surface area contributed by atoms with Crippen LogP contribution in [-0.2, 0) is 11.2 Å². The molecule has 1 N–H and O–H groups in total. The zero-order valence-electron chi connectivity index (χ0n) is 12.8. The second-order valence-corrected chi connectivity index (χ2v) is 6.31. The molecule has 1 aliphatic heterocycles. The Labute approximate surface area is 132 Å². The second kappa shape index (κ2) is 7.69. The van der Waals surface area contributed by atoms with Gasteiger partial charge in [0, 0.05) is 11.1 Å². The molecule has 1 aliphatic rings. The van der Waals surface area contributed by atoms with Gasteiger partial charge >= 0.3 is 0 Å². The smallest absolute Gasteiger partial charge is 0.227 e. The third-order valence-corrected chi connectivity index (χ3v) is 4.16. The molecule has 0 saturated carbocycles. The Morgan fingerprint density at radius 2 is 2.29 bits per heavy atom. The van der Waals surface area contributed by atoms with Crippen LogP contribution in [0.5, 0.6) is 5.75 Å². The van der Waals surface area contributed by atoms with Crippen molar-refractivity contribution in [3.8, 4) is 5.75 Å². The van der Waals surface area contributed by atoms with Crippen LogP contribution in [0.25, 0.3) is 0 Å². The Morgan fingerprint density at radius 3 is 3.05 bits per heavy atom. The number of carbonyl (C=O) groups is 1. The van der Waals surface area contributed by atoms with Crippen LogP contribution in [-0.4, -0.2) is 18.6 Å². The van der Waals surface area contributed by atoms with Crippen molar-refractivity contribution in [2.75, 3.05) is 6.61 Å². The highest BCUT2D eigenvalue weighted by Crippen LogP contribution is 2.29. The molecule has 0 aliphatic carbocycles. The molecule has 0 spiro atoms. The standard InChI is InChI=1S/C17H24ClNO2/c1-3-4-5-6-12(2)19-17(20)14-9-13-10-15(18)7-8-16(13)21-11-14/h7-8,10,12,14H,3-6,9,11H2,1-2H3,(H,19,20)/t12-,14+/m0/s1. The van der Waals surface area contributed by atoms with Gasteiger partial charge in [-0.3, -0.25) is 4.79 Å². The minimum atomic E-state index is -0.121. The van der Waals surface area contributed by atoms with Gasteiger partial charge in [0.05, 0.1) is 5.92 Å². The SMILES string of the molecule is CCCCC[C@H](C)NC(=O)[C@H]1COc2ccc(Cl)cc2C1. The number of unbranched alkanes of at least 4 members (excludes halogenated alkanes) is 2. The van der Waals surface area contributed by atoms with Crippen molar-refractivity contribution in [2.24, 2.45) is 5.92 Å². The first-order valence-electron chi connectivity index (χ1n) is 7.81. The molecule has 1 aromatic rings. The fraction of sp³-hybridized carbons (Fsp3) is 0.588. The summed E-state index contributed by atoms with van der Waals surface area (Å²) < 4.78 is 5.67. The average molecular weight is 310 g/mol. The van der Waals surface area contributed by atoms with Crippen molar-refractivity contribution in [3.63, 3.8) is 0 Å². The highest BCUT2D eigenvalue weighted by atomic mass is 35.5. The first kappa shape index (κ1) is 16.2. The van der Waals surface area contributed by atoms with Gasteiger partial charge in [-0.2, -0.15) is 0 Å². The summed E-state index contributed by atoms with van der Waals surface area (Å²) in [6.45, 7) is 4.70. The quantitative estimate of drug-likeness (QED) is 0.807. The highest BCUT2D eigenvalue weighted by Gasteiger charge is 2.26. The molecule has 2 atom stereocenters. The van der Waals surface area contributed by atoms with Crippen molar-refractivity contribution in [3.05, 3.63) is 28.8 Å². The molecule has 0 aromatic heterocycles. The van der Waals surface area contributed by atoms with Gasteiger partial charge < -0.3 is 10.1 Å². The van der Waals surface area contributed by atoms with E-state index in [4.69, 9.17) is 16.3 Å². The molecule has 1 aromatic carbocycles. The van der Waals surface area contributed by atoms with E-state index in [0.29, 0.717) is 18.1 Å². The molecule has 3 nitrogen and oxygen atoms in total. The zero-order valence-corrected chi connectivity index (χ0v) is 13.6. The van der Waals surface area contributed by atoms with Crippen LogP contribution in [0.3, 0.4) is 0 Å². The maximum Gasteiger partial charge on any atom is 0.227 e. The van der Waals surface area contributed by atoms with Crippen LogP contribution >= 0.6 is 11.6 Å². The van der Waals surface area contributed by atoms with Gasteiger partial charge in [-0.25, -0.2) is 0 Å². The van der Waals surface area contributed by atoms with E-state index in [1.807, 2.05) is 18.2 Å². The highest BCUT2D eigenvalue weighted by molar-refractivity contribution is 6.30. The van der Waals surface area contributed by atoms with Gasteiger partial charge in [-0.15, -0.1) is 0 Å². The summed E-state index contributed by atoms with van der Waals surface area (Å²) in [6.07, 6.45) is 5.32. The Balaban J connectivity index is 1.87. The Morgan fingerprint density at radius 1 is 1.48 bits per heavy atom. The lowest BCUT2D eigenvalue weighted by atomic mass is 9.95. The van der Waals surface area contributed by atoms with Crippen molar-refractivity contribution < 1.29 is 9.53 Å². The molecule has 0 bridgehead atoms. The van der Waals surface area contributed by atoms with E-state index in [0.717, 1.165) is 24.2 Å². The van der Waals surface area contributed by atoms with Crippen molar-refractivity contribution in [1.29, 1.82) is 0 Å². The second-order valence-electron chi connectivity index (χ2n) is 5.87. The number of hydrogen-bond donors (Lipinski definition) is 1. The number of hydrogen-bond acceptors (Lipinski definition) is 2. The summed E-state index contributed by atoms with van der Waals surface area (Å²) >= 11 is 6.00. The van der Waals surface area contributed by atoms with E-state index in [1.54, 1.807) is 0 Å². The maximum atomic E-state index is 12.3. The van der Waals surface area contributed by atoms with E-state index in [-0.39, 0.29) is 17.9 Å². The van der Waals surface area contributed by atoms with Crippen LogP contribution < -0.4 is 10.1 Å². The van der Waals surface area contributed by atoms with Gasteiger partial charge in [0.1, 0.15) is 12.4 Å². The molecule has 1 amide bonds. The molecule has 116 valence electrons. The molecular weight excluding hydrogens is 286 g/mol. The number of halogens is 1. The molecule has 2 rings (SSSR count). The number of rotatable bonds is 6. The van der Waals surface area contributed by atoms with Gasteiger partial charge in [-0.05, 0) is 43.5 Å². The minimum absolute atomic E-state index is 0.0876. The number of nitrogens with one attached hydrogen (secondary N) is 1. The number of ether oxygens (including phenoxy) is 1. The minimum Gasteiger partial charge on any atom is -0.492 e. The van der Waals surface area contributed by atoms with Gasteiger partial charge in [0.15, 0.2) is 0 Å². The number of fused-ring (bicyclic) bond motifs is 1. The summed E-state index contributed by atoms with van der Waals surface area (Å²) in [6, 6.07) is 5.81. The normalized spacial score (nSPS) is 18.5. The van der Waals surface area contributed by atoms with E-state index in [9.17, 15) is 4.79 Å². The number of carbonyl (C=O) groups excluding carboxylic acids is 1. The average Bonchev–Trinajstić information content (AvgIpc) is 2.46. The first-order valence-corrected chi connectivity index (χ1v) is 8.19.